The molecule has 1 fully saturated rings. The van der Waals surface area contributed by atoms with E-state index in [4.69, 9.17) is 9.63 Å². The summed E-state index contributed by atoms with van der Waals surface area (Å²) >= 11 is 0. The monoisotopic (exact) mass is 323 g/mol. The molecule has 0 aromatic carbocycles. The molecule has 0 aliphatic carbocycles. The largest absolute Gasteiger partial charge is 1.00 e. The number of amides is 1. The molecule has 5 N–H and O–H groups in total. The van der Waals surface area contributed by atoms with Gasteiger partial charge in [0.1, 0.15) is 24.4 Å². The molecule has 0 bridgehead atoms. The van der Waals surface area contributed by atoms with Crippen LogP contribution in [-0.4, -0.2) is 63.4 Å². The molecule has 12 heteroatoms. The van der Waals surface area contributed by atoms with Crippen LogP contribution in [0.5, 0.6) is 0 Å². The Labute approximate surface area is 136 Å². The molecule has 1 saturated heterocycles. The molecule has 0 radical (unpaired) electrons. The molecular formula is C8H15NNaO9P. The Morgan fingerprint density at radius 3 is 2.40 bits per heavy atom. The summed E-state index contributed by atoms with van der Waals surface area (Å²) in [5.74, 6) is -0.562. The van der Waals surface area contributed by atoms with Gasteiger partial charge in [-0.1, -0.05) is 0 Å². The fraction of sp³-hybridized carbons (Fsp3) is 0.875. The Kier molecular flexibility index (Phi) is 8.33. The molecule has 1 heterocycles. The first-order chi connectivity index (χ1) is 8.61. The number of phosphoric ester groups is 1. The summed E-state index contributed by atoms with van der Waals surface area (Å²) in [5, 5.41) is 31.0. The van der Waals surface area contributed by atoms with Crippen molar-refractivity contribution in [2.75, 3.05) is 6.61 Å². The van der Waals surface area contributed by atoms with Crippen molar-refractivity contribution in [2.24, 2.45) is 0 Å². The fourth-order valence-corrected chi connectivity index (χ4v) is 1.98. The molecular weight excluding hydrogens is 308 g/mol. The van der Waals surface area contributed by atoms with E-state index in [1.54, 1.807) is 0 Å². The Bertz CT molecular complexity index is 377. The molecule has 10 nitrogen and oxygen atoms in total. The molecule has 0 aromatic rings. The van der Waals surface area contributed by atoms with E-state index in [9.17, 15) is 29.6 Å². The van der Waals surface area contributed by atoms with Crippen molar-refractivity contribution < 1.29 is 73.3 Å². The summed E-state index contributed by atoms with van der Waals surface area (Å²) in [6, 6.07) is -1.27. The molecule has 1 rings (SSSR count). The van der Waals surface area contributed by atoms with E-state index in [0.717, 1.165) is 6.92 Å². The van der Waals surface area contributed by atoms with Crippen LogP contribution in [0.2, 0.25) is 0 Å². The molecule has 112 valence electrons. The average molecular weight is 323 g/mol. The van der Waals surface area contributed by atoms with Crippen molar-refractivity contribution >= 4 is 13.7 Å². The van der Waals surface area contributed by atoms with Crippen LogP contribution in [0, 0.1) is 0 Å². The molecule has 1 amide bonds. The second-order valence-electron chi connectivity index (χ2n) is 4.04. The van der Waals surface area contributed by atoms with Crippen LogP contribution in [0.25, 0.3) is 0 Å². The number of phosphoric acid groups is 1. The normalized spacial score (nSPS) is 36.6. The number of hydrogen-bond acceptors (Lipinski definition) is 8. The summed E-state index contributed by atoms with van der Waals surface area (Å²) in [7, 11) is -5.01. The number of carbonyl (C=O) groups excluding carboxylic acids is 1. The van der Waals surface area contributed by atoms with Crippen molar-refractivity contribution in [2.45, 2.75) is 37.6 Å². The number of ether oxygens (including phenoxy) is 1. The Morgan fingerprint density at radius 2 is 1.95 bits per heavy atom. The third-order valence-electron chi connectivity index (χ3n) is 2.49. The quantitative estimate of drug-likeness (QED) is 0.249. The Balaban J connectivity index is 0.00000361. The van der Waals surface area contributed by atoms with Crippen LogP contribution < -0.4 is 39.8 Å². The fourth-order valence-electron chi connectivity index (χ4n) is 1.64. The SMILES string of the molecule is CC(=O)NC1C(O)OC(COP(=O)([O-])O)C(O)C1O.[Na+]. The van der Waals surface area contributed by atoms with E-state index in [1.165, 1.54) is 0 Å². The maximum Gasteiger partial charge on any atom is 1.00 e. The minimum Gasteiger partial charge on any atom is -0.756 e. The van der Waals surface area contributed by atoms with Gasteiger partial charge in [-0.05, 0) is 0 Å². The first-order valence-electron chi connectivity index (χ1n) is 5.27. The summed E-state index contributed by atoms with van der Waals surface area (Å²) < 4.78 is 19.2. The zero-order valence-electron chi connectivity index (χ0n) is 10.9. The van der Waals surface area contributed by atoms with Gasteiger partial charge in [0.05, 0.1) is 6.61 Å². The second kappa shape index (κ2) is 8.16. The first kappa shape index (κ1) is 20.4. The smallest absolute Gasteiger partial charge is 0.756 e. The first-order valence-corrected chi connectivity index (χ1v) is 6.76. The predicted octanol–water partition coefficient (Wildman–Crippen LogP) is -6.59. The second-order valence-corrected chi connectivity index (χ2v) is 5.23. The van der Waals surface area contributed by atoms with Crippen LogP contribution in [0.15, 0.2) is 0 Å². The summed E-state index contributed by atoms with van der Waals surface area (Å²) in [6.07, 6.45) is -6.26. The van der Waals surface area contributed by atoms with Gasteiger partial charge in [-0.3, -0.25) is 9.36 Å². The molecule has 0 aromatic heterocycles. The van der Waals surface area contributed by atoms with Gasteiger partial charge in [0.15, 0.2) is 6.29 Å². The van der Waals surface area contributed by atoms with Crippen LogP contribution in [0.4, 0.5) is 0 Å². The van der Waals surface area contributed by atoms with Gasteiger partial charge in [-0.15, -0.1) is 0 Å². The van der Waals surface area contributed by atoms with E-state index in [0.29, 0.717) is 0 Å². The molecule has 6 unspecified atom stereocenters. The summed E-state index contributed by atoms with van der Waals surface area (Å²) in [6.45, 7) is 0.347. The average Bonchev–Trinajstić information content (AvgIpc) is 2.26. The van der Waals surface area contributed by atoms with Crippen molar-refractivity contribution in [3.8, 4) is 0 Å². The number of nitrogens with one attached hydrogen (secondary N) is 1. The summed E-state index contributed by atoms with van der Waals surface area (Å²) in [4.78, 5) is 29.6. The van der Waals surface area contributed by atoms with Gasteiger partial charge >= 0.3 is 29.6 Å². The molecule has 0 spiro atoms. The van der Waals surface area contributed by atoms with Gasteiger partial charge in [0, 0.05) is 6.92 Å². The number of hydrogen-bond donors (Lipinski definition) is 5. The van der Waals surface area contributed by atoms with E-state index in [2.05, 4.69) is 9.84 Å². The number of rotatable bonds is 4. The standard InChI is InChI=1S/C8H16NO9P.Na/c1-3(10)9-5-7(12)6(11)4(18-8(5)13)2-17-19(14,15)16;/h4-8,11-13H,2H2,1H3,(H,9,10)(H2,14,15,16);/q;+1/p-1. The van der Waals surface area contributed by atoms with Crippen molar-refractivity contribution in [1.29, 1.82) is 0 Å². The van der Waals surface area contributed by atoms with E-state index >= 15 is 0 Å². The maximum absolute atomic E-state index is 10.8. The van der Waals surface area contributed by atoms with E-state index < -0.39 is 51.0 Å². The number of carbonyl (C=O) groups is 1. The molecule has 0 saturated carbocycles. The molecule has 1 aliphatic rings. The van der Waals surface area contributed by atoms with Crippen LogP contribution in [0.1, 0.15) is 6.92 Å². The zero-order chi connectivity index (χ0) is 14.8. The van der Waals surface area contributed by atoms with Gasteiger partial charge in [-0.2, -0.15) is 0 Å². The summed E-state index contributed by atoms with van der Waals surface area (Å²) in [5.41, 5.74) is 0. The van der Waals surface area contributed by atoms with Crippen molar-refractivity contribution in [3.05, 3.63) is 0 Å². The third-order valence-corrected chi connectivity index (χ3v) is 2.97. The molecule has 1 aliphatic heterocycles. The van der Waals surface area contributed by atoms with Crippen LogP contribution in [0.3, 0.4) is 0 Å². The number of aliphatic hydroxyl groups excluding tert-OH is 3. The molecule has 20 heavy (non-hydrogen) atoms. The van der Waals surface area contributed by atoms with E-state index in [1.807, 2.05) is 0 Å². The predicted molar refractivity (Wildman–Crippen MR) is 56.3 cm³/mol. The van der Waals surface area contributed by atoms with Gasteiger partial charge < -0.3 is 39.7 Å². The maximum atomic E-state index is 10.8. The van der Waals surface area contributed by atoms with Gasteiger partial charge in [0.2, 0.25) is 5.91 Å². The zero-order valence-corrected chi connectivity index (χ0v) is 13.8. The van der Waals surface area contributed by atoms with Crippen LogP contribution in [-0.2, 0) is 18.6 Å². The van der Waals surface area contributed by atoms with Crippen molar-refractivity contribution in [3.63, 3.8) is 0 Å². The minimum atomic E-state index is -5.01. The number of aliphatic hydroxyl groups is 3. The van der Waals surface area contributed by atoms with Crippen molar-refractivity contribution in [1.82, 2.24) is 5.32 Å². The minimum absolute atomic E-state index is 0. The van der Waals surface area contributed by atoms with Gasteiger partial charge in [0.25, 0.3) is 7.82 Å². The van der Waals surface area contributed by atoms with Gasteiger partial charge in [-0.25, -0.2) is 0 Å². The third kappa shape index (κ3) is 6.04. The molecule has 6 atom stereocenters. The topological polar surface area (TPSA) is 169 Å². The Hall–Kier alpha value is 0.420. The van der Waals surface area contributed by atoms with Crippen LogP contribution >= 0.6 is 7.82 Å². The Morgan fingerprint density at radius 1 is 1.40 bits per heavy atom. The van der Waals surface area contributed by atoms with E-state index in [-0.39, 0.29) is 29.6 Å².